The molecule has 0 unspecified atom stereocenters. The molecule has 3 rings (SSSR count). The van der Waals surface area contributed by atoms with Crippen LogP contribution in [0, 0.1) is 5.92 Å². The summed E-state index contributed by atoms with van der Waals surface area (Å²) in [6.45, 7) is 6.29. The maximum absolute atomic E-state index is 12.6. The lowest BCUT2D eigenvalue weighted by molar-refractivity contribution is -0.132. The van der Waals surface area contributed by atoms with Crippen molar-refractivity contribution in [2.45, 2.75) is 44.2 Å². The minimum atomic E-state index is -0.339. The van der Waals surface area contributed by atoms with Gasteiger partial charge >= 0.3 is 0 Å². The number of carbonyl (C=O) groups excluding carboxylic acids is 1. The van der Waals surface area contributed by atoms with Crippen LogP contribution in [0.25, 0.3) is 0 Å². The standard InChI is InChI=1S/C17H30N2O4/c20-16-2-6-19(17(21)13-14-3-9-22-10-4-14)5-1-15(16)18-7-11-23-12-8-18/h14-16,20H,1-13H2/t15-,16-/m0/s1. The average Bonchev–Trinajstić information content (AvgIpc) is 2.78. The fourth-order valence-electron chi connectivity index (χ4n) is 3.98. The summed E-state index contributed by atoms with van der Waals surface area (Å²) in [5, 5.41) is 10.5. The molecule has 3 aliphatic heterocycles. The van der Waals surface area contributed by atoms with Crippen LogP contribution < -0.4 is 0 Å². The molecule has 0 aromatic rings. The van der Waals surface area contributed by atoms with Crippen LogP contribution in [0.15, 0.2) is 0 Å². The van der Waals surface area contributed by atoms with E-state index in [4.69, 9.17) is 9.47 Å². The number of hydrogen-bond acceptors (Lipinski definition) is 5. The summed E-state index contributed by atoms with van der Waals surface area (Å²) < 4.78 is 10.8. The molecule has 3 aliphatic rings. The smallest absolute Gasteiger partial charge is 0.222 e. The van der Waals surface area contributed by atoms with E-state index in [-0.39, 0.29) is 18.1 Å². The van der Waals surface area contributed by atoms with E-state index in [1.54, 1.807) is 0 Å². The number of ether oxygens (including phenoxy) is 2. The van der Waals surface area contributed by atoms with Crippen molar-refractivity contribution >= 4 is 5.91 Å². The van der Waals surface area contributed by atoms with E-state index in [0.29, 0.717) is 25.3 Å². The van der Waals surface area contributed by atoms with E-state index >= 15 is 0 Å². The molecule has 1 N–H and O–H groups in total. The van der Waals surface area contributed by atoms with Gasteiger partial charge in [0.1, 0.15) is 0 Å². The highest BCUT2D eigenvalue weighted by atomic mass is 16.5. The highest BCUT2D eigenvalue weighted by molar-refractivity contribution is 5.76. The average molecular weight is 326 g/mol. The lowest BCUT2D eigenvalue weighted by Crippen LogP contribution is -2.49. The van der Waals surface area contributed by atoms with Gasteiger partial charge in [-0.05, 0) is 31.6 Å². The number of likely N-dealkylation sites (tertiary alicyclic amines) is 1. The summed E-state index contributed by atoms with van der Waals surface area (Å²) >= 11 is 0. The van der Waals surface area contributed by atoms with Crippen molar-refractivity contribution in [3.8, 4) is 0 Å². The SMILES string of the molecule is O=C(CC1CCOCC1)N1CC[C@H](O)[C@@H](N2CCOCC2)CC1. The molecular weight excluding hydrogens is 296 g/mol. The first kappa shape index (κ1) is 17.1. The summed E-state index contributed by atoms with van der Waals surface area (Å²) in [6.07, 6.45) is 3.84. The number of carbonyl (C=O) groups is 1. The minimum absolute atomic E-state index is 0.166. The van der Waals surface area contributed by atoms with Crippen molar-refractivity contribution in [2.75, 3.05) is 52.6 Å². The van der Waals surface area contributed by atoms with Crippen molar-refractivity contribution in [2.24, 2.45) is 5.92 Å². The van der Waals surface area contributed by atoms with E-state index in [1.165, 1.54) is 0 Å². The van der Waals surface area contributed by atoms with Crippen LogP contribution in [0.4, 0.5) is 0 Å². The van der Waals surface area contributed by atoms with Gasteiger partial charge in [0.05, 0.1) is 19.3 Å². The Morgan fingerprint density at radius 2 is 1.57 bits per heavy atom. The van der Waals surface area contributed by atoms with Crippen LogP contribution in [-0.2, 0) is 14.3 Å². The molecule has 0 bridgehead atoms. The molecule has 0 radical (unpaired) electrons. The van der Waals surface area contributed by atoms with Crippen molar-refractivity contribution in [3.63, 3.8) is 0 Å². The summed E-state index contributed by atoms with van der Waals surface area (Å²) in [5.74, 6) is 0.728. The molecule has 6 nitrogen and oxygen atoms in total. The van der Waals surface area contributed by atoms with Crippen LogP contribution in [0.3, 0.4) is 0 Å². The Morgan fingerprint density at radius 3 is 2.30 bits per heavy atom. The second-order valence-corrected chi connectivity index (χ2v) is 7.00. The summed E-state index contributed by atoms with van der Waals surface area (Å²) in [7, 11) is 0. The van der Waals surface area contributed by atoms with Gasteiger partial charge in [-0.3, -0.25) is 9.69 Å². The molecule has 0 aromatic heterocycles. The molecule has 3 heterocycles. The monoisotopic (exact) mass is 326 g/mol. The lowest BCUT2D eigenvalue weighted by Gasteiger charge is -2.36. The molecular formula is C17H30N2O4. The van der Waals surface area contributed by atoms with Crippen molar-refractivity contribution < 1.29 is 19.4 Å². The largest absolute Gasteiger partial charge is 0.391 e. The highest BCUT2D eigenvalue weighted by Gasteiger charge is 2.32. The van der Waals surface area contributed by atoms with Gasteiger partial charge < -0.3 is 19.5 Å². The Labute approximate surface area is 138 Å². The van der Waals surface area contributed by atoms with Gasteiger partial charge in [-0.2, -0.15) is 0 Å². The highest BCUT2D eigenvalue weighted by Crippen LogP contribution is 2.23. The molecule has 0 aliphatic carbocycles. The summed E-state index contributed by atoms with van der Waals surface area (Å²) in [4.78, 5) is 16.9. The van der Waals surface area contributed by atoms with E-state index in [2.05, 4.69) is 4.90 Å². The third-order valence-corrected chi connectivity index (χ3v) is 5.51. The van der Waals surface area contributed by atoms with Gasteiger partial charge in [0.25, 0.3) is 0 Å². The van der Waals surface area contributed by atoms with Gasteiger partial charge in [-0.25, -0.2) is 0 Å². The zero-order chi connectivity index (χ0) is 16.1. The first-order valence-corrected chi connectivity index (χ1v) is 9.09. The summed E-state index contributed by atoms with van der Waals surface area (Å²) in [6, 6.07) is 0.166. The zero-order valence-corrected chi connectivity index (χ0v) is 14.0. The van der Waals surface area contributed by atoms with Crippen molar-refractivity contribution in [1.82, 2.24) is 9.80 Å². The Hall–Kier alpha value is -0.690. The normalized spacial score (nSPS) is 31.8. The van der Waals surface area contributed by atoms with Crippen molar-refractivity contribution in [3.05, 3.63) is 0 Å². The number of morpholine rings is 1. The second-order valence-electron chi connectivity index (χ2n) is 7.00. The number of aliphatic hydroxyl groups excluding tert-OH is 1. The minimum Gasteiger partial charge on any atom is -0.391 e. The van der Waals surface area contributed by atoms with Crippen LogP contribution in [0.1, 0.15) is 32.1 Å². The lowest BCUT2D eigenvalue weighted by atomic mass is 9.96. The van der Waals surface area contributed by atoms with E-state index < -0.39 is 0 Å². The van der Waals surface area contributed by atoms with E-state index in [9.17, 15) is 9.90 Å². The third-order valence-electron chi connectivity index (χ3n) is 5.51. The zero-order valence-electron chi connectivity index (χ0n) is 14.0. The number of rotatable bonds is 3. The second kappa shape index (κ2) is 8.42. The topological polar surface area (TPSA) is 62.2 Å². The van der Waals surface area contributed by atoms with Gasteiger partial charge in [0.2, 0.25) is 5.91 Å². The fraction of sp³-hybridized carbons (Fsp3) is 0.941. The van der Waals surface area contributed by atoms with Gasteiger partial charge in [0.15, 0.2) is 0 Å². The molecule has 23 heavy (non-hydrogen) atoms. The van der Waals surface area contributed by atoms with Gasteiger partial charge in [-0.15, -0.1) is 0 Å². The molecule has 2 atom stereocenters. The Kier molecular flexibility index (Phi) is 6.28. The molecule has 132 valence electrons. The van der Waals surface area contributed by atoms with Gasteiger partial charge in [0, 0.05) is 51.9 Å². The maximum atomic E-state index is 12.6. The molecule has 6 heteroatoms. The van der Waals surface area contributed by atoms with Crippen LogP contribution in [0.5, 0.6) is 0 Å². The fourth-order valence-corrected chi connectivity index (χ4v) is 3.98. The van der Waals surface area contributed by atoms with E-state index in [0.717, 1.165) is 65.3 Å². The van der Waals surface area contributed by atoms with Gasteiger partial charge in [-0.1, -0.05) is 0 Å². The maximum Gasteiger partial charge on any atom is 0.222 e. The Bertz CT molecular complexity index is 381. The predicted octanol–water partition coefficient (Wildman–Crippen LogP) is 0.487. The first-order chi connectivity index (χ1) is 11.2. The number of nitrogens with zero attached hydrogens (tertiary/aromatic N) is 2. The Morgan fingerprint density at radius 1 is 0.913 bits per heavy atom. The van der Waals surface area contributed by atoms with Crippen molar-refractivity contribution in [1.29, 1.82) is 0 Å². The number of hydrogen-bond donors (Lipinski definition) is 1. The Balaban J connectivity index is 1.51. The number of amides is 1. The van der Waals surface area contributed by atoms with Crippen LogP contribution >= 0.6 is 0 Å². The molecule has 3 saturated heterocycles. The molecule has 3 fully saturated rings. The quantitative estimate of drug-likeness (QED) is 0.818. The van der Waals surface area contributed by atoms with Crippen LogP contribution in [0.2, 0.25) is 0 Å². The molecule has 0 saturated carbocycles. The summed E-state index contributed by atoms with van der Waals surface area (Å²) in [5.41, 5.74) is 0. The predicted molar refractivity (Wildman–Crippen MR) is 86.2 cm³/mol. The first-order valence-electron chi connectivity index (χ1n) is 9.09. The van der Waals surface area contributed by atoms with E-state index in [1.807, 2.05) is 4.90 Å². The molecule has 1 amide bonds. The molecule has 0 aromatic carbocycles. The number of aliphatic hydroxyl groups is 1. The molecule has 0 spiro atoms. The third kappa shape index (κ3) is 4.66. The van der Waals surface area contributed by atoms with Crippen LogP contribution in [-0.4, -0.2) is 85.6 Å².